The molecule has 0 unspecified atom stereocenters. The van der Waals surface area contributed by atoms with E-state index in [-0.39, 0.29) is 5.78 Å². The number of imidazole rings is 1. The van der Waals surface area contributed by atoms with Crippen LogP contribution in [0.25, 0.3) is 11.3 Å². The first kappa shape index (κ1) is 12.4. The van der Waals surface area contributed by atoms with Crippen molar-refractivity contribution < 1.29 is 9.53 Å². The maximum Gasteiger partial charge on any atom is 0.194 e. The minimum atomic E-state index is -0.0791. The van der Waals surface area contributed by atoms with Gasteiger partial charge in [0.25, 0.3) is 0 Å². The SMILES string of the molecule is COc1c(C)cc(C)cc1-c1cnc(C(C)=O)[nH]1. The van der Waals surface area contributed by atoms with Gasteiger partial charge in [-0.15, -0.1) is 0 Å². The van der Waals surface area contributed by atoms with Crippen LogP contribution in [0.2, 0.25) is 0 Å². The smallest absolute Gasteiger partial charge is 0.194 e. The summed E-state index contributed by atoms with van der Waals surface area (Å²) >= 11 is 0. The predicted molar refractivity (Wildman–Crippen MR) is 70.1 cm³/mol. The van der Waals surface area contributed by atoms with Crippen molar-refractivity contribution in [3.8, 4) is 17.0 Å². The highest BCUT2D eigenvalue weighted by Crippen LogP contribution is 2.33. The van der Waals surface area contributed by atoms with E-state index in [9.17, 15) is 4.79 Å². The number of hydrogen-bond acceptors (Lipinski definition) is 3. The van der Waals surface area contributed by atoms with E-state index in [1.165, 1.54) is 6.92 Å². The highest BCUT2D eigenvalue weighted by molar-refractivity contribution is 5.91. The third-order valence-electron chi connectivity index (χ3n) is 2.82. The molecule has 0 bridgehead atoms. The van der Waals surface area contributed by atoms with Crippen LogP contribution >= 0.6 is 0 Å². The third kappa shape index (κ3) is 2.14. The molecule has 0 aliphatic heterocycles. The number of aromatic amines is 1. The Labute approximate surface area is 106 Å². The van der Waals surface area contributed by atoms with Gasteiger partial charge in [0.2, 0.25) is 0 Å². The van der Waals surface area contributed by atoms with Gasteiger partial charge in [0.05, 0.1) is 19.0 Å². The van der Waals surface area contributed by atoms with E-state index in [0.717, 1.165) is 28.1 Å². The number of carbonyl (C=O) groups excluding carboxylic acids is 1. The largest absolute Gasteiger partial charge is 0.496 e. The summed E-state index contributed by atoms with van der Waals surface area (Å²) in [6, 6.07) is 4.08. The number of rotatable bonds is 3. The van der Waals surface area contributed by atoms with Crippen molar-refractivity contribution >= 4 is 5.78 Å². The number of benzene rings is 1. The molecule has 0 fully saturated rings. The first-order valence-corrected chi connectivity index (χ1v) is 5.74. The fourth-order valence-corrected chi connectivity index (χ4v) is 2.06. The van der Waals surface area contributed by atoms with Gasteiger partial charge in [-0.25, -0.2) is 4.98 Å². The maximum absolute atomic E-state index is 11.3. The van der Waals surface area contributed by atoms with Gasteiger partial charge >= 0.3 is 0 Å². The van der Waals surface area contributed by atoms with Crippen molar-refractivity contribution in [2.75, 3.05) is 7.11 Å². The molecule has 2 rings (SSSR count). The molecule has 0 aliphatic carbocycles. The molecule has 1 heterocycles. The lowest BCUT2D eigenvalue weighted by Crippen LogP contribution is -1.95. The first-order valence-electron chi connectivity index (χ1n) is 5.74. The highest BCUT2D eigenvalue weighted by atomic mass is 16.5. The first-order chi connectivity index (χ1) is 8.52. The molecule has 1 aromatic carbocycles. The number of methoxy groups -OCH3 is 1. The topological polar surface area (TPSA) is 55.0 Å². The van der Waals surface area contributed by atoms with Crippen molar-refractivity contribution in [3.63, 3.8) is 0 Å². The number of Topliss-reactive ketones (excluding diaryl/α,β-unsaturated/α-hetero) is 1. The molecular weight excluding hydrogens is 228 g/mol. The van der Waals surface area contributed by atoms with Crippen LogP contribution in [0.4, 0.5) is 0 Å². The summed E-state index contributed by atoms with van der Waals surface area (Å²) in [5.41, 5.74) is 3.92. The lowest BCUT2D eigenvalue weighted by Gasteiger charge is -2.11. The Morgan fingerprint density at radius 3 is 2.61 bits per heavy atom. The van der Waals surface area contributed by atoms with Crippen LogP contribution in [0, 0.1) is 13.8 Å². The van der Waals surface area contributed by atoms with E-state index in [2.05, 4.69) is 16.0 Å². The number of nitrogens with zero attached hydrogens (tertiary/aromatic N) is 1. The van der Waals surface area contributed by atoms with Gasteiger partial charge in [0, 0.05) is 12.5 Å². The second-order valence-electron chi connectivity index (χ2n) is 4.36. The average molecular weight is 244 g/mol. The van der Waals surface area contributed by atoms with Gasteiger partial charge in [0.15, 0.2) is 11.6 Å². The van der Waals surface area contributed by atoms with Gasteiger partial charge in [-0.1, -0.05) is 6.07 Å². The van der Waals surface area contributed by atoms with E-state index in [4.69, 9.17) is 4.74 Å². The number of nitrogens with one attached hydrogen (secondary N) is 1. The molecule has 2 aromatic rings. The molecule has 0 radical (unpaired) electrons. The maximum atomic E-state index is 11.3. The van der Waals surface area contributed by atoms with Crippen molar-refractivity contribution in [1.82, 2.24) is 9.97 Å². The van der Waals surface area contributed by atoms with Gasteiger partial charge in [-0.3, -0.25) is 4.79 Å². The third-order valence-corrected chi connectivity index (χ3v) is 2.82. The Morgan fingerprint density at radius 1 is 1.33 bits per heavy atom. The minimum absolute atomic E-state index is 0.0791. The highest BCUT2D eigenvalue weighted by Gasteiger charge is 2.13. The fourth-order valence-electron chi connectivity index (χ4n) is 2.06. The second kappa shape index (κ2) is 4.64. The van der Waals surface area contributed by atoms with Crippen LogP contribution in [-0.2, 0) is 0 Å². The van der Waals surface area contributed by atoms with E-state index in [1.54, 1.807) is 13.3 Å². The fraction of sp³-hybridized carbons (Fsp3) is 0.286. The second-order valence-corrected chi connectivity index (χ2v) is 4.36. The van der Waals surface area contributed by atoms with Crippen LogP contribution in [0.5, 0.6) is 5.75 Å². The molecule has 94 valence electrons. The minimum Gasteiger partial charge on any atom is -0.496 e. The van der Waals surface area contributed by atoms with Crippen molar-refractivity contribution in [3.05, 3.63) is 35.3 Å². The molecule has 0 atom stereocenters. The van der Waals surface area contributed by atoms with E-state index >= 15 is 0 Å². The number of ether oxygens (including phenoxy) is 1. The van der Waals surface area contributed by atoms with Crippen LogP contribution in [0.1, 0.15) is 28.7 Å². The van der Waals surface area contributed by atoms with Gasteiger partial charge < -0.3 is 9.72 Å². The predicted octanol–water partition coefficient (Wildman–Crippen LogP) is 2.90. The molecule has 4 heteroatoms. The van der Waals surface area contributed by atoms with Gasteiger partial charge in [-0.2, -0.15) is 0 Å². The van der Waals surface area contributed by atoms with Crippen LogP contribution in [-0.4, -0.2) is 22.9 Å². The summed E-state index contributed by atoms with van der Waals surface area (Å²) in [5.74, 6) is 1.09. The van der Waals surface area contributed by atoms with Gasteiger partial charge in [-0.05, 0) is 31.0 Å². The molecular formula is C14H16N2O2. The van der Waals surface area contributed by atoms with Crippen LogP contribution in [0.15, 0.2) is 18.3 Å². The lowest BCUT2D eigenvalue weighted by atomic mass is 10.0. The molecule has 0 amide bonds. The molecule has 4 nitrogen and oxygen atoms in total. The molecule has 0 saturated carbocycles. The molecule has 18 heavy (non-hydrogen) atoms. The summed E-state index contributed by atoms with van der Waals surface area (Å²) in [7, 11) is 1.64. The number of aromatic nitrogens is 2. The molecule has 1 aromatic heterocycles. The standard InChI is InChI=1S/C14H16N2O2/c1-8-5-9(2)13(18-4)11(6-8)12-7-15-14(16-12)10(3)17/h5-7H,1-4H3,(H,15,16). The molecule has 0 aliphatic rings. The lowest BCUT2D eigenvalue weighted by molar-refractivity contribution is 0.100. The van der Waals surface area contributed by atoms with E-state index in [1.807, 2.05) is 19.9 Å². The average Bonchev–Trinajstić information content (AvgIpc) is 2.77. The van der Waals surface area contributed by atoms with Gasteiger partial charge in [0.1, 0.15) is 5.75 Å². The zero-order valence-corrected chi connectivity index (χ0v) is 11.0. The summed E-state index contributed by atoms with van der Waals surface area (Å²) < 4.78 is 5.42. The number of aryl methyl sites for hydroxylation is 2. The molecule has 1 N–H and O–H groups in total. The zero-order chi connectivity index (χ0) is 13.3. The van der Waals surface area contributed by atoms with Crippen LogP contribution < -0.4 is 4.74 Å². The quantitative estimate of drug-likeness (QED) is 0.844. The zero-order valence-electron chi connectivity index (χ0n) is 11.0. The normalized spacial score (nSPS) is 10.4. The summed E-state index contributed by atoms with van der Waals surface area (Å²) in [6.07, 6.45) is 1.66. The van der Waals surface area contributed by atoms with Crippen molar-refractivity contribution in [2.45, 2.75) is 20.8 Å². The van der Waals surface area contributed by atoms with Crippen LogP contribution in [0.3, 0.4) is 0 Å². The Bertz CT molecular complexity index is 600. The van der Waals surface area contributed by atoms with E-state index in [0.29, 0.717) is 5.82 Å². The summed E-state index contributed by atoms with van der Waals surface area (Å²) in [5, 5.41) is 0. The number of H-pyrrole nitrogens is 1. The Hall–Kier alpha value is -2.10. The number of ketones is 1. The van der Waals surface area contributed by atoms with Crippen molar-refractivity contribution in [2.24, 2.45) is 0 Å². The number of hydrogen-bond donors (Lipinski definition) is 1. The summed E-state index contributed by atoms with van der Waals surface area (Å²) in [6.45, 7) is 5.51. The monoisotopic (exact) mass is 244 g/mol. The van der Waals surface area contributed by atoms with E-state index < -0.39 is 0 Å². The molecule has 0 saturated heterocycles. The Kier molecular flexibility index (Phi) is 3.19. The molecule has 0 spiro atoms. The Balaban J connectivity index is 2.58. The number of carbonyl (C=O) groups is 1. The van der Waals surface area contributed by atoms with Crippen molar-refractivity contribution in [1.29, 1.82) is 0 Å². The summed E-state index contributed by atoms with van der Waals surface area (Å²) in [4.78, 5) is 18.3. The Morgan fingerprint density at radius 2 is 2.06 bits per heavy atom.